The number of nitrogens with zero attached hydrogens (tertiary/aromatic N) is 1. The fourth-order valence-corrected chi connectivity index (χ4v) is 1.51. The average molecular weight is 217 g/mol. The summed E-state index contributed by atoms with van der Waals surface area (Å²) in [7, 11) is 0. The number of carbonyl (C=O) groups is 1. The van der Waals surface area contributed by atoms with Crippen LogP contribution < -0.4 is 0 Å². The molecule has 82 valence electrons. The van der Waals surface area contributed by atoms with Crippen molar-refractivity contribution >= 4 is 5.97 Å². The third-order valence-electron chi connectivity index (χ3n) is 2.39. The molecule has 2 aromatic rings. The topological polar surface area (TPSA) is 63.3 Å². The predicted molar refractivity (Wildman–Crippen MR) is 58.4 cm³/mol. The number of aromatic carboxylic acids is 1. The lowest BCUT2D eigenvalue weighted by atomic mass is 10.0. The Balaban J connectivity index is 2.50. The first-order chi connectivity index (χ1) is 7.58. The highest BCUT2D eigenvalue weighted by atomic mass is 16.5. The lowest BCUT2D eigenvalue weighted by molar-refractivity contribution is 0.0652. The minimum Gasteiger partial charge on any atom is -0.475 e. The third kappa shape index (κ3) is 1.82. The zero-order valence-corrected chi connectivity index (χ0v) is 9.02. The van der Waals surface area contributed by atoms with E-state index in [0.29, 0.717) is 5.69 Å². The molecule has 1 N–H and O–H groups in total. The normalized spacial score (nSPS) is 10.4. The smallest absolute Gasteiger partial charge is 0.374 e. The van der Waals surface area contributed by atoms with E-state index in [1.165, 1.54) is 6.07 Å². The second kappa shape index (κ2) is 3.81. The van der Waals surface area contributed by atoms with Crippen molar-refractivity contribution in [2.75, 3.05) is 0 Å². The van der Waals surface area contributed by atoms with Crippen molar-refractivity contribution in [3.05, 3.63) is 41.2 Å². The van der Waals surface area contributed by atoms with Gasteiger partial charge in [0.1, 0.15) is 5.69 Å². The summed E-state index contributed by atoms with van der Waals surface area (Å²) in [5.41, 5.74) is 3.59. The van der Waals surface area contributed by atoms with Crippen LogP contribution in [-0.4, -0.2) is 16.2 Å². The van der Waals surface area contributed by atoms with E-state index in [1.54, 1.807) is 0 Å². The lowest BCUT2D eigenvalue weighted by Crippen LogP contribution is -1.91. The summed E-state index contributed by atoms with van der Waals surface area (Å²) in [4.78, 5) is 10.7. The molecular weight excluding hydrogens is 206 g/mol. The summed E-state index contributed by atoms with van der Waals surface area (Å²) in [6.45, 7) is 3.92. The van der Waals surface area contributed by atoms with Crippen molar-refractivity contribution in [2.24, 2.45) is 0 Å². The van der Waals surface area contributed by atoms with Gasteiger partial charge in [-0.05, 0) is 25.5 Å². The second-order valence-electron chi connectivity index (χ2n) is 3.70. The zero-order valence-electron chi connectivity index (χ0n) is 9.02. The lowest BCUT2D eigenvalue weighted by Gasteiger charge is -2.02. The Kier molecular flexibility index (Phi) is 2.48. The fourth-order valence-electron chi connectivity index (χ4n) is 1.51. The van der Waals surface area contributed by atoms with E-state index in [1.807, 2.05) is 32.0 Å². The van der Waals surface area contributed by atoms with Gasteiger partial charge in [-0.2, -0.15) is 0 Å². The molecule has 1 aromatic carbocycles. The van der Waals surface area contributed by atoms with Crippen LogP contribution in [0.4, 0.5) is 0 Å². The standard InChI is InChI=1S/C12H11NO3/c1-7-3-4-8(2)9(5-7)10-6-11(12(14)15)16-13-10/h3-6H,1-2H3,(H,14,15). The van der Waals surface area contributed by atoms with Crippen LogP contribution >= 0.6 is 0 Å². The first-order valence-electron chi connectivity index (χ1n) is 4.85. The maximum atomic E-state index is 10.7. The first kappa shape index (κ1) is 10.4. The van der Waals surface area contributed by atoms with Crippen LogP contribution in [0, 0.1) is 13.8 Å². The van der Waals surface area contributed by atoms with Gasteiger partial charge in [-0.15, -0.1) is 0 Å². The van der Waals surface area contributed by atoms with Gasteiger partial charge in [-0.3, -0.25) is 0 Å². The van der Waals surface area contributed by atoms with E-state index in [9.17, 15) is 4.79 Å². The number of carboxylic acids is 1. The number of carboxylic acid groups (broad SMARTS) is 1. The molecule has 0 atom stereocenters. The van der Waals surface area contributed by atoms with E-state index in [4.69, 9.17) is 9.63 Å². The van der Waals surface area contributed by atoms with Crippen LogP contribution in [0.15, 0.2) is 28.8 Å². The highest BCUT2D eigenvalue weighted by Gasteiger charge is 2.13. The molecule has 0 unspecified atom stereocenters. The quantitative estimate of drug-likeness (QED) is 0.839. The third-order valence-corrected chi connectivity index (χ3v) is 2.39. The Bertz CT molecular complexity index is 543. The number of benzene rings is 1. The maximum Gasteiger partial charge on any atom is 0.374 e. The largest absolute Gasteiger partial charge is 0.475 e. The van der Waals surface area contributed by atoms with Gasteiger partial charge in [0.2, 0.25) is 5.76 Å². The van der Waals surface area contributed by atoms with Crippen molar-refractivity contribution in [3.8, 4) is 11.3 Å². The Morgan fingerprint density at radius 3 is 2.69 bits per heavy atom. The van der Waals surface area contributed by atoms with Crippen LogP contribution in [0.25, 0.3) is 11.3 Å². The molecule has 16 heavy (non-hydrogen) atoms. The molecule has 2 rings (SSSR count). The molecule has 0 aliphatic heterocycles. The van der Waals surface area contributed by atoms with Gasteiger partial charge in [0.25, 0.3) is 0 Å². The van der Waals surface area contributed by atoms with Crippen molar-refractivity contribution in [3.63, 3.8) is 0 Å². The highest BCUT2D eigenvalue weighted by molar-refractivity contribution is 5.85. The molecule has 0 aliphatic carbocycles. The van der Waals surface area contributed by atoms with E-state index in [0.717, 1.165) is 16.7 Å². The number of hydrogen-bond acceptors (Lipinski definition) is 3. The Labute approximate surface area is 92.5 Å². The van der Waals surface area contributed by atoms with Gasteiger partial charge >= 0.3 is 5.97 Å². The Morgan fingerprint density at radius 2 is 2.06 bits per heavy atom. The van der Waals surface area contributed by atoms with E-state index in [2.05, 4.69) is 5.16 Å². The van der Waals surface area contributed by atoms with E-state index >= 15 is 0 Å². The van der Waals surface area contributed by atoms with Crippen LogP contribution in [0.5, 0.6) is 0 Å². The van der Waals surface area contributed by atoms with E-state index in [-0.39, 0.29) is 5.76 Å². The van der Waals surface area contributed by atoms with Crippen LogP contribution in [0.3, 0.4) is 0 Å². The van der Waals surface area contributed by atoms with Crippen LogP contribution in [-0.2, 0) is 0 Å². The second-order valence-corrected chi connectivity index (χ2v) is 3.70. The summed E-state index contributed by atoms with van der Waals surface area (Å²) < 4.78 is 4.73. The zero-order chi connectivity index (χ0) is 11.7. The summed E-state index contributed by atoms with van der Waals surface area (Å²) in [5.74, 6) is -1.25. The van der Waals surface area contributed by atoms with Crippen LogP contribution in [0.1, 0.15) is 21.7 Å². The van der Waals surface area contributed by atoms with Crippen molar-refractivity contribution in [1.29, 1.82) is 0 Å². The average Bonchev–Trinajstić information content (AvgIpc) is 2.70. The molecule has 0 spiro atoms. The van der Waals surface area contributed by atoms with Crippen LogP contribution in [0.2, 0.25) is 0 Å². The molecule has 4 nitrogen and oxygen atoms in total. The molecule has 0 saturated carbocycles. The van der Waals surface area contributed by atoms with E-state index < -0.39 is 5.97 Å². The van der Waals surface area contributed by atoms with Gasteiger partial charge in [0.05, 0.1) is 0 Å². The monoisotopic (exact) mass is 217 g/mol. The first-order valence-corrected chi connectivity index (χ1v) is 4.85. The molecule has 1 heterocycles. The summed E-state index contributed by atoms with van der Waals surface area (Å²) in [6, 6.07) is 7.36. The number of aromatic nitrogens is 1. The number of rotatable bonds is 2. The molecule has 0 saturated heterocycles. The number of hydrogen-bond donors (Lipinski definition) is 1. The summed E-state index contributed by atoms with van der Waals surface area (Å²) >= 11 is 0. The molecule has 0 radical (unpaired) electrons. The van der Waals surface area contributed by atoms with Crippen molar-refractivity contribution in [1.82, 2.24) is 5.16 Å². The van der Waals surface area contributed by atoms with Gasteiger partial charge in [0.15, 0.2) is 0 Å². The minimum absolute atomic E-state index is 0.143. The summed E-state index contributed by atoms with van der Waals surface area (Å²) in [6.07, 6.45) is 0. The highest BCUT2D eigenvalue weighted by Crippen LogP contribution is 2.24. The maximum absolute atomic E-state index is 10.7. The van der Waals surface area contributed by atoms with Gasteiger partial charge in [-0.1, -0.05) is 22.9 Å². The Hall–Kier alpha value is -2.10. The molecule has 4 heteroatoms. The predicted octanol–water partition coefficient (Wildman–Crippen LogP) is 2.66. The molecule has 0 fully saturated rings. The molecule has 0 amide bonds. The van der Waals surface area contributed by atoms with Gasteiger partial charge < -0.3 is 9.63 Å². The fraction of sp³-hybridized carbons (Fsp3) is 0.167. The SMILES string of the molecule is Cc1ccc(C)c(-c2cc(C(=O)O)on2)c1. The molecule has 0 aliphatic rings. The van der Waals surface area contributed by atoms with Crippen molar-refractivity contribution < 1.29 is 14.4 Å². The molecular formula is C12H11NO3. The Morgan fingerprint density at radius 1 is 1.31 bits per heavy atom. The van der Waals surface area contributed by atoms with Crippen molar-refractivity contribution in [2.45, 2.75) is 13.8 Å². The number of aryl methyl sites for hydroxylation is 2. The summed E-state index contributed by atoms with van der Waals surface area (Å²) in [5, 5.41) is 12.5. The molecule has 0 bridgehead atoms. The minimum atomic E-state index is -1.11. The van der Waals surface area contributed by atoms with Gasteiger partial charge in [0, 0.05) is 11.6 Å². The molecule has 1 aromatic heterocycles. The van der Waals surface area contributed by atoms with Gasteiger partial charge in [-0.25, -0.2) is 4.79 Å².